The van der Waals surface area contributed by atoms with E-state index in [2.05, 4.69) is 6.58 Å². The van der Waals surface area contributed by atoms with Crippen LogP contribution in [0.3, 0.4) is 0 Å². The van der Waals surface area contributed by atoms with Gasteiger partial charge in [0.05, 0.1) is 10.3 Å². The Morgan fingerprint density at radius 1 is 1.48 bits per heavy atom. The maximum atomic E-state index is 12.4. The van der Waals surface area contributed by atoms with E-state index in [1.807, 2.05) is 38.2 Å². The van der Waals surface area contributed by atoms with Gasteiger partial charge in [-0.05, 0) is 37.5 Å². The van der Waals surface area contributed by atoms with Gasteiger partial charge in [-0.25, -0.2) is 0 Å². The Balaban J connectivity index is 2.13. The van der Waals surface area contributed by atoms with E-state index in [-0.39, 0.29) is 22.5 Å². The van der Waals surface area contributed by atoms with Gasteiger partial charge in [-0.15, -0.1) is 0 Å². The van der Waals surface area contributed by atoms with Crippen LogP contribution >= 0.6 is 11.8 Å². The molecule has 0 amide bonds. The SMILES string of the molecule is C=C/C=C(\C=C/C)COc1ccn(C2=CC(C)C(C(C)=O)S2)c(=O)c1. The van der Waals surface area contributed by atoms with E-state index < -0.39 is 0 Å². The molecule has 0 spiro atoms. The van der Waals surface area contributed by atoms with Gasteiger partial charge in [0, 0.05) is 12.3 Å². The van der Waals surface area contributed by atoms with Crippen LogP contribution in [0.5, 0.6) is 5.75 Å². The van der Waals surface area contributed by atoms with Crippen LogP contribution in [0, 0.1) is 5.92 Å². The van der Waals surface area contributed by atoms with E-state index in [4.69, 9.17) is 4.74 Å². The molecule has 1 aromatic heterocycles. The maximum Gasteiger partial charge on any atom is 0.259 e. The predicted molar refractivity (Wildman–Crippen MR) is 105 cm³/mol. The molecule has 0 N–H and O–H groups in total. The molecular formula is C20H23NO3S. The zero-order valence-corrected chi connectivity index (χ0v) is 15.6. The number of Topliss-reactive ketones (excluding diaryl/α,β-unsaturated/α-hetero) is 1. The highest BCUT2D eigenvalue weighted by atomic mass is 32.2. The van der Waals surface area contributed by atoms with Crippen molar-refractivity contribution in [3.05, 3.63) is 71.2 Å². The Kier molecular flexibility index (Phi) is 6.65. The quantitative estimate of drug-likeness (QED) is 0.691. The molecule has 2 unspecified atom stereocenters. The van der Waals surface area contributed by atoms with Gasteiger partial charge in [-0.1, -0.05) is 49.6 Å². The molecule has 25 heavy (non-hydrogen) atoms. The highest BCUT2D eigenvalue weighted by molar-refractivity contribution is 8.09. The summed E-state index contributed by atoms with van der Waals surface area (Å²) in [6.07, 6.45) is 11.1. The molecule has 0 fully saturated rings. The summed E-state index contributed by atoms with van der Waals surface area (Å²) < 4.78 is 7.25. The number of pyridine rings is 1. The number of rotatable bonds is 7. The summed E-state index contributed by atoms with van der Waals surface area (Å²) in [5, 5.41) is 0.677. The van der Waals surface area contributed by atoms with Crippen LogP contribution in [0.15, 0.2) is 65.7 Å². The number of carbonyl (C=O) groups is 1. The smallest absolute Gasteiger partial charge is 0.259 e. The summed E-state index contributed by atoms with van der Waals surface area (Å²) in [5.74, 6) is 0.760. The van der Waals surface area contributed by atoms with Crippen molar-refractivity contribution in [2.24, 2.45) is 5.92 Å². The van der Waals surface area contributed by atoms with Gasteiger partial charge in [0.2, 0.25) is 0 Å². The van der Waals surface area contributed by atoms with Crippen molar-refractivity contribution in [2.75, 3.05) is 6.61 Å². The molecule has 0 saturated heterocycles. The molecule has 1 aliphatic heterocycles. The Bertz CT molecular complexity index is 801. The lowest BCUT2D eigenvalue weighted by molar-refractivity contribution is -0.116. The summed E-state index contributed by atoms with van der Waals surface area (Å²) in [5.41, 5.74) is 0.793. The third kappa shape index (κ3) is 4.86. The number of aromatic nitrogens is 1. The first-order chi connectivity index (χ1) is 12.0. The minimum Gasteiger partial charge on any atom is -0.489 e. The average Bonchev–Trinajstić information content (AvgIpc) is 2.95. The Labute approximate surface area is 152 Å². The first-order valence-corrected chi connectivity index (χ1v) is 9.03. The average molecular weight is 357 g/mol. The number of ketones is 1. The summed E-state index contributed by atoms with van der Waals surface area (Å²) in [6, 6.07) is 3.23. The monoisotopic (exact) mass is 357 g/mol. The topological polar surface area (TPSA) is 48.3 Å². The fraction of sp³-hybridized carbons (Fsp3) is 0.300. The number of hydrogen-bond acceptors (Lipinski definition) is 4. The molecule has 2 heterocycles. The standard InChI is InChI=1S/C20H23NO3S/c1-5-7-16(8-6-2)13-24-17-9-10-21(18(23)12-17)19-11-14(3)20(25-19)15(4)22/h5-12,14,20H,1,13H2,2-4H3/b8-6-,16-7+. The van der Waals surface area contributed by atoms with Crippen LogP contribution in [-0.4, -0.2) is 22.2 Å². The highest BCUT2D eigenvalue weighted by Crippen LogP contribution is 2.39. The van der Waals surface area contributed by atoms with Crippen molar-refractivity contribution in [3.8, 4) is 5.75 Å². The summed E-state index contributed by atoms with van der Waals surface area (Å²) in [4.78, 5) is 24.1. The molecule has 0 bridgehead atoms. The molecular weight excluding hydrogens is 334 g/mol. The number of thioether (sulfide) groups is 1. The van der Waals surface area contributed by atoms with E-state index in [1.165, 1.54) is 17.8 Å². The lowest BCUT2D eigenvalue weighted by atomic mass is 10.1. The van der Waals surface area contributed by atoms with Gasteiger partial charge in [0.15, 0.2) is 0 Å². The highest BCUT2D eigenvalue weighted by Gasteiger charge is 2.29. The molecule has 0 radical (unpaired) electrons. The molecule has 4 nitrogen and oxygen atoms in total. The third-order valence-corrected chi connectivity index (χ3v) is 5.37. The van der Waals surface area contributed by atoms with Gasteiger partial charge in [0.1, 0.15) is 18.1 Å². The predicted octanol–water partition coefficient (Wildman–Crippen LogP) is 4.05. The summed E-state index contributed by atoms with van der Waals surface area (Å²) in [6.45, 7) is 9.55. The van der Waals surface area contributed by atoms with Crippen LogP contribution in [0.2, 0.25) is 0 Å². The van der Waals surface area contributed by atoms with Gasteiger partial charge in [-0.3, -0.25) is 14.2 Å². The zero-order valence-electron chi connectivity index (χ0n) is 14.8. The van der Waals surface area contributed by atoms with Gasteiger partial charge in [0.25, 0.3) is 5.56 Å². The van der Waals surface area contributed by atoms with Gasteiger partial charge >= 0.3 is 0 Å². The normalized spacial score (nSPS) is 20.6. The number of ether oxygens (including phenoxy) is 1. The number of nitrogens with zero attached hydrogens (tertiary/aromatic N) is 1. The molecule has 0 saturated carbocycles. The zero-order chi connectivity index (χ0) is 18.4. The molecule has 132 valence electrons. The van der Waals surface area contributed by atoms with Gasteiger partial charge < -0.3 is 4.74 Å². The summed E-state index contributed by atoms with van der Waals surface area (Å²) in [7, 11) is 0. The molecule has 1 aromatic rings. The fourth-order valence-corrected chi connectivity index (χ4v) is 3.87. The largest absolute Gasteiger partial charge is 0.489 e. The first-order valence-electron chi connectivity index (χ1n) is 8.15. The second kappa shape index (κ2) is 8.72. The lowest BCUT2D eigenvalue weighted by Gasteiger charge is -2.11. The van der Waals surface area contributed by atoms with Crippen LogP contribution in [-0.2, 0) is 4.79 Å². The number of carbonyl (C=O) groups excluding carboxylic acids is 1. The summed E-state index contributed by atoms with van der Waals surface area (Å²) >= 11 is 1.44. The van der Waals surface area contributed by atoms with Crippen LogP contribution in [0.4, 0.5) is 0 Å². The van der Waals surface area contributed by atoms with E-state index in [0.717, 1.165) is 10.6 Å². The Hall–Kier alpha value is -2.27. The Morgan fingerprint density at radius 2 is 2.24 bits per heavy atom. The molecule has 0 aliphatic carbocycles. The van der Waals surface area contributed by atoms with Crippen LogP contribution in [0.1, 0.15) is 20.8 Å². The van der Waals surface area contributed by atoms with Crippen LogP contribution in [0.25, 0.3) is 5.03 Å². The van der Waals surface area contributed by atoms with E-state index in [9.17, 15) is 9.59 Å². The van der Waals surface area contributed by atoms with Crippen molar-refractivity contribution in [1.29, 1.82) is 0 Å². The maximum absolute atomic E-state index is 12.4. The Morgan fingerprint density at radius 3 is 2.80 bits per heavy atom. The van der Waals surface area contributed by atoms with Gasteiger partial charge in [-0.2, -0.15) is 0 Å². The van der Waals surface area contributed by atoms with Crippen LogP contribution < -0.4 is 10.3 Å². The fourth-order valence-electron chi connectivity index (χ4n) is 2.60. The minimum atomic E-state index is -0.173. The number of hydrogen-bond donors (Lipinski definition) is 0. The first kappa shape index (κ1) is 19.1. The minimum absolute atomic E-state index is 0.118. The van der Waals surface area contributed by atoms with Crippen molar-refractivity contribution >= 4 is 22.6 Å². The number of allylic oxidation sites excluding steroid dienone is 4. The molecule has 2 atom stereocenters. The van der Waals surface area contributed by atoms with E-state index in [1.54, 1.807) is 29.8 Å². The molecule has 5 heteroatoms. The molecule has 0 aromatic carbocycles. The lowest BCUT2D eigenvalue weighted by Crippen LogP contribution is -2.18. The molecule has 2 rings (SSSR count). The second-order valence-electron chi connectivity index (χ2n) is 5.85. The van der Waals surface area contributed by atoms with Crippen molar-refractivity contribution in [2.45, 2.75) is 26.0 Å². The van der Waals surface area contributed by atoms with E-state index >= 15 is 0 Å². The third-order valence-electron chi connectivity index (χ3n) is 3.78. The van der Waals surface area contributed by atoms with Crippen molar-refractivity contribution in [1.82, 2.24) is 4.57 Å². The second-order valence-corrected chi connectivity index (χ2v) is 7.01. The van der Waals surface area contributed by atoms with Crippen molar-refractivity contribution in [3.63, 3.8) is 0 Å². The van der Waals surface area contributed by atoms with Crippen molar-refractivity contribution < 1.29 is 9.53 Å². The molecule has 1 aliphatic rings. The van der Waals surface area contributed by atoms with E-state index in [0.29, 0.717) is 12.4 Å².